The lowest BCUT2D eigenvalue weighted by Gasteiger charge is -2.08. The Bertz CT molecular complexity index is 1160. The van der Waals surface area contributed by atoms with Gasteiger partial charge in [-0.15, -0.1) is 0 Å². The predicted molar refractivity (Wildman–Crippen MR) is 112 cm³/mol. The molecule has 0 aliphatic carbocycles. The number of H-pyrrole nitrogens is 1. The largest absolute Gasteiger partial charge is 0.462 e. The zero-order chi connectivity index (χ0) is 20.4. The summed E-state index contributed by atoms with van der Waals surface area (Å²) in [5.41, 5.74) is 1.91. The molecule has 2 N–H and O–H groups in total. The van der Waals surface area contributed by atoms with Crippen LogP contribution in [0.3, 0.4) is 0 Å². The van der Waals surface area contributed by atoms with Crippen LogP contribution in [-0.2, 0) is 19.1 Å². The van der Waals surface area contributed by atoms with Crippen LogP contribution in [0.2, 0.25) is 0 Å². The van der Waals surface area contributed by atoms with Gasteiger partial charge < -0.3 is 19.8 Å². The van der Waals surface area contributed by atoms with Gasteiger partial charge in [0.1, 0.15) is 5.65 Å². The molecule has 0 spiro atoms. The monoisotopic (exact) mass is 453 g/mol. The Hall–Kier alpha value is -3.39. The number of aromatic amines is 1. The van der Waals surface area contributed by atoms with Gasteiger partial charge in [0.15, 0.2) is 11.3 Å². The van der Waals surface area contributed by atoms with Crippen molar-refractivity contribution in [2.45, 2.75) is 6.92 Å². The summed E-state index contributed by atoms with van der Waals surface area (Å²) in [7, 11) is 0. The van der Waals surface area contributed by atoms with E-state index in [0.717, 1.165) is 15.4 Å². The van der Waals surface area contributed by atoms with Crippen molar-refractivity contribution >= 4 is 50.5 Å². The molecule has 1 aliphatic heterocycles. The molecule has 0 fully saturated rings. The van der Waals surface area contributed by atoms with Crippen molar-refractivity contribution in [2.24, 2.45) is 0 Å². The first-order chi connectivity index (χ1) is 14.1. The van der Waals surface area contributed by atoms with E-state index in [4.69, 9.17) is 9.47 Å². The highest BCUT2D eigenvalue weighted by atomic mass is 79.9. The van der Waals surface area contributed by atoms with Gasteiger partial charge in [0.25, 0.3) is 0 Å². The van der Waals surface area contributed by atoms with Gasteiger partial charge in [0.05, 0.1) is 6.61 Å². The standard InChI is InChI=1S/C21H16BrN3O4/c1-2-28-21(27)17-18(26)16(10-12-11-24-19-15(12)4-3-9-23-19)29-20(17)25-14-7-5-13(22)6-8-14/h3-11,25H,2H2,1H3,(H,23,24). The highest BCUT2D eigenvalue weighted by Crippen LogP contribution is 2.30. The molecule has 0 unspecified atom stereocenters. The molecule has 146 valence electrons. The number of ether oxygens (including phenoxy) is 2. The van der Waals surface area contributed by atoms with Gasteiger partial charge in [-0.2, -0.15) is 0 Å². The first kappa shape index (κ1) is 18.9. The molecule has 3 aromatic rings. The Morgan fingerprint density at radius 2 is 2.10 bits per heavy atom. The van der Waals surface area contributed by atoms with E-state index in [2.05, 4.69) is 31.2 Å². The Balaban J connectivity index is 1.70. The number of Topliss-reactive ketones (excluding diaryl/α,β-unsaturated/α-hetero) is 1. The number of esters is 1. The minimum absolute atomic E-state index is 0.0254. The first-order valence-corrected chi connectivity index (χ1v) is 9.66. The maximum atomic E-state index is 12.9. The van der Waals surface area contributed by atoms with Crippen molar-refractivity contribution in [1.82, 2.24) is 9.97 Å². The van der Waals surface area contributed by atoms with Gasteiger partial charge in [-0.1, -0.05) is 15.9 Å². The summed E-state index contributed by atoms with van der Waals surface area (Å²) in [6.07, 6.45) is 4.98. The molecular formula is C21H16BrN3O4. The van der Waals surface area contributed by atoms with E-state index >= 15 is 0 Å². The van der Waals surface area contributed by atoms with Gasteiger partial charge >= 0.3 is 5.97 Å². The van der Waals surface area contributed by atoms with E-state index < -0.39 is 11.8 Å². The number of pyridine rings is 1. The van der Waals surface area contributed by atoms with Crippen LogP contribution in [-0.4, -0.2) is 28.3 Å². The van der Waals surface area contributed by atoms with Crippen molar-refractivity contribution in [3.8, 4) is 0 Å². The molecule has 0 amide bonds. The van der Waals surface area contributed by atoms with Gasteiger partial charge in [0, 0.05) is 33.5 Å². The van der Waals surface area contributed by atoms with E-state index in [1.807, 2.05) is 18.2 Å². The summed E-state index contributed by atoms with van der Waals surface area (Å²) in [6, 6.07) is 10.9. The number of rotatable bonds is 5. The van der Waals surface area contributed by atoms with Crippen LogP contribution >= 0.6 is 15.9 Å². The Morgan fingerprint density at radius 1 is 1.31 bits per heavy atom. The zero-order valence-corrected chi connectivity index (χ0v) is 16.9. The molecule has 8 heteroatoms. The van der Waals surface area contributed by atoms with Crippen LogP contribution in [0.1, 0.15) is 12.5 Å². The molecule has 1 aliphatic rings. The number of halogens is 1. The summed E-state index contributed by atoms with van der Waals surface area (Å²) < 4.78 is 11.7. The highest BCUT2D eigenvalue weighted by molar-refractivity contribution is 9.10. The second-order valence-corrected chi connectivity index (χ2v) is 7.06. The molecule has 29 heavy (non-hydrogen) atoms. The minimum atomic E-state index is -0.735. The van der Waals surface area contributed by atoms with Crippen molar-refractivity contribution < 1.29 is 19.1 Å². The van der Waals surface area contributed by atoms with E-state index in [-0.39, 0.29) is 23.8 Å². The summed E-state index contributed by atoms with van der Waals surface area (Å²) in [4.78, 5) is 32.6. The fourth-order valence-corrected chi connectivity index (χ4v) is 3.17. The van der Waals surface area contributed by atoms with Gasteiger partial charge in [-0.05, 0) is 49.4 Å². The van der Waals surface area contributed by atoms with Crippen LogP contribution in [0.15, 0.2) is 70.5 Å². The van der Waals surface area contributed by atoms with Crippen molar-refractivity contribution in [2.75, 3.05) is 11.9 Å². The number of allylic oxidation sites excluding steroid dienone is 1. The number of hydrogen-bond acceptors (Lipinski definition) is 6. The lowest BCUT2D eigenvalue weighted by molar-refractivity contribution is -0.139. The number of hydrogen-bond donors (Lipinski definition) is 2. The number of ketones is 1. The summed E-state index contributed by atoms with van der Waals surface area (Å²) in [5, 5.41) is 3.83. The van der Waals surface area contributed by atoms with E-state index in [9.17, 15) is 9.59 Å². The lowest BCUT2D eigenvalue weighted by atomic mass is 10.1. The summed E-state index contributed by atoms with van der Waals surface area (Å²) in [5.74, 6) is -1.21. The van der Waals surface area contributed by atoms with Crippen LogP contribution in [0.25, 0.3) is 17.1 Å². The van der Waals surface area contributed by atoms with Crippen LogP contribution < -0.4 is 5.32 Å². The van der Waals surface area contributed by atoms with E-state index in [1.54, 1.807) is 43.6 Å². The van der Waals surface area contributed by atoms with E-state index in [0.29, 0.717) is 11.3 Å². The second-order valence-electron chi connectivity index (χ2n) is 6.14. The third-order valence-electron chi connectivity index (χ3n) is 4.24. The fourth-order valence-electron chi connectivity index (χ4n) is 2.91. The lowest BCUT2D eigenvalue weighted by Crippen LogP contribution is -2.16. The molecule has 2 aromatic heterocycles. The molecule has 0 saturated heterocycles. The Labute approximate surface area is 174 Å². The van der Waals surface area contributed by atoms with Gasteiger partial charge in [0.2, 0.25) is 11.7 Å². The third kappa shape index (κ3) is 3.79. The molecule has 1 aromatic carbocycles. The van der Waals surface area contributed by atoms with Crippen LogP contribution in [0.4, 0.5) is 5.69 Å². The Kier molecular flexibility index (Phi) is 5.18. The number of aromatic nitrogens is 2. The third-order valence-corrected chi connectivity index (χ3v) is 4.77. The number of carbonyl (C=O) groups excluding carboxylic acids is 2. The molecule has 0 radical (unpaired) electrons. The number of benzene rings is 1. The predicted octanol–water partition coefficient (Wildman–Crippen LogP) is 4.15. The summed E-state index contributed by atoms with van der Waals surface area (Å²) in [6.45, 7) is 1.82. The zero-order valence-electron chi connectivity index (χ0n) is 15.4. The normalized spacial score (nSPS) is 15.1. The van der Waals surface area contributed by atoms with Crippen molar-refractivity contribution in [3.05, 3.63) is 76.0 Å². The topological polar surface area (TPSA) is 93.3 Å². The van der Waals surface area contributed by atoms with Crippen LogP contribution in [0, 0.1) is 0 Å². The molecule has 0 atom stereocenters. The number of anilines is 1. The highest BCUT2D eigenvalue weighted by Gasteiger charge is 2.37. The molecule has 0 saturated carbocycles. The van der Waals surface area contributed by atoms with Gasteiger partial charge in [-0.25, -0.2) is 9.78 Å². The molecule has 7 nitrogen and oxygen atoms in total. The SMILES string of the molecule is CCOC(=O)C1=C(Nc2ccc(Br)cc2)OC(=Cc2c[nH]c3ncccc23)C1=O. The quantitative estimate of drug-likeness (QED) is 0.342. The molecular weight excluding hydrogens is 438 g/mol. The van der Waals surface area contributed by atoms with Crippen molar-refractivity contribution in [1.29, 1.82) is 0 Å². The maximum absolute atomic E-state index is 12.9. The second kappa shape index (κ2) is 7.92. The average Bonchev–Trinajstić information content (AvgIpc) is 3.25. The fraction of sp³-hybridized carbons (Fsp3) is 0.0952. The number of nitrogens with one attached hydrogen (secondary N) is 2. The molecule has 3 heterocycles. The molecule has 0 bridgehead atoms. The van der Waals surface area contributed by atoms with Gasteiger partial charge in [-0.3, -0.25) is 4.79 Å². The average molecular weight is 454 g/mol. The number of carbonyl (C=O) groups is 2. The van der Waals surface area contributed by atoms with Crippen LogP contribution in [0.5, 0.6) is 0 Å². The minimum Gasteiger partial charge on any atom is -0.462 e. The molecule has 4 rings (SSSR count). The summed E-state index contributed by atoms with van der Waals surface area (Å²) >= 11 is 3.37. The first-order valence-electron chi connectivity index (χ1n) is 8.87. The maximum Gasteiger partial charge on any atom is 0.347 e. The van der Waals surface area contributed by atoms with E-state index in [1.165, 1.54) is 0 Å². The number of nitrogens with zero attached hydrogens (tertiary/aromatic N) is 1. The van der Waals surface area contributed by atoms with Crippen molar-refractivity contribution in [3.63, 3.8) is 0 Å². The Morgan fingerprint density at radius 3 is 2.86 bits per heavy atom. The number of fused-ring (bicyclic) bond motifs is 1. The smallest absolute Gasteiger partial charge is 0.347 e.